The van der Waals surface area contributed by atoms with Crippen LogP contribution in [0.5, 0.6) is 0 Å². The first kappa shape index (κ1) is 12.4. The summed E-state index contributed by atoms with van der Waals surface area (Å²) in [5, 5.41) is 0. The van der Waals surface area contributed by atoms with Gasteiger partial charge in [-0.3, -0.25) is 0 Å². The Balaban J connectivity index is 2.11. The number of carbonyl (C=O) groups is 1. The predicted octanol–water partition coefficient (Wildman–Crippen LogP) is 2.18. The lowest BCUT2D eigenvalue weighted by molar-refractivity contribution is 0.0486. The van der Waals surface area contributed by atoms with Gasteiger partial charge in [0.1, 0.15) is 0 Å². The molecular weight excluding hydrogens is 264 g/mol. The summed E-state index contributed by atoms with van der Waals surface area (Å²) in [7, 11) is 1.38. The zero-order chi connectivity index (χ0) is 12.5. The third kappa shape index (κ3) is 3.44. The van der Waals surface area contributed by atoms with Crippen molar-refractivity contribution in [2.24, 2.45) is 5.92 Å². The number of rotatable bonds is 4. The molecule has 0 saturated heterocycles. The second-order valence-corrected chi connectivity index (χ2v) is 6.57. The number of benzene rings is 1. The lowest BCUT2D eigenvalue weighted by atomic mass is 10.2. The fraction of sp³-hybridized carbons (Fsp3) is 0.364. The first-order chi connectivity index (χ1) is 7.97. The average molecular weight is 275 g/mol. The smallest absolute Gasteiger partial charge is 0.338 e. The highest BCUT2D eigenvalue weighted by Crippen LogP contribution is 2.29. The molecule has 1 aliphatic rings. The monoisotopic (exact) mass is 274 g/mol. The van der Waals surface area contributed by atoms with Gasteiger partial charge in [-0.2, -0.15) is 0 Å². The van der Waals surface area contributed by atoms with Gasteiger partial charge in [-0.1, -0.05) is 6.07 Å². The van der Waals surface area contributed by atoms with E-state index in [2.05, 4.69) is 0 Å². The van der Waals surface area contributed by atoms with Crippen LogP contribution in [0.3, 0.4) is 0 Å². The Morgan fingerprint density at radius 2 is 2.12 bits per heavy atom. The van der Waals surface area contributed by atoms with Crippen molar-refractivity contribution in [3.8, 4) is 0 Å². The summed E-state index contributed by atoms with van der Waals surface area (Å²) < 4.78 is 27.2. The molecule has 1 fully saturated rings. The highest BCUT2D eigenvalue weighted by atomic mass is 35.7. The van der Waals surface area contributed by atoms with Gasteiger partial charge in [0.15, 0.2) is 0 Å². The summed E-state index contributed by atoms with van der Waals surface area (Å²) in [6.07, 6.45) is 2.17. The maximum absolute atomic E-state index is 11.6. The molecule has 2 rings (SSSR count). The van der Waals surface area contributed by atoms with E-state index < -0.39 is 15.0 Å². The van der Waals surface area contributed by atoms with Crippen molar-refractivity contribution < 1.29 is 17.9 Å². The molecule has 0 amide bonds. The predicted molar refractivity (Wildman–Crippen MR) is 62.5 cm³/mol. The molecule has 0 N–H and O–H groups in total. The van der Waals surface area contributed by atoms with Crippen LogP contribution in [-0.4, -0.2) is 21.0 Å². The van der Waals surface area contributed by atoms with E-state index in [4.69, 9.17) is 15.4 Å². The van der Waals surface area contributed by atoms with E-state index in [1.54, 1.807) is 0 Å². The van der Waals surface area contributed by atoms with Gasteiger partial charge in [-0.15, -0.1) is 0 Å². The summed E-state index contributed by atoms with van der Waals surface area (Å²) >= 11 is 0. The minimum absolute atomic E-state index is 0.0972. The normalized spacial score (nSPS) is 15.6. The first-order valence-corrected chi connectivity index (χ1v) is 7.49. The molecule has 4 nitrogen and oxygen atoms in total. The van der Waals surface area contributed by atoms with E-state index >= 15 is 0 Å². The lowest BCUT2D eigenvalue weighted by Crippen LogP contribution is -2.08. The molecule has 0 aromatic heterocycles. The van der Waals surface area contributed by atoms with Gasteiger partial charge in [0, 0.05) is 10.7 Å². The summed E-state index contributed by atoms with van der Waals surface area (Å²) in [4.78, 5) is 11.5. The van der Waals surface area contributed by atoms with Gasteiger partial charge < -0.3 is 4.74 Å². The molecule has 6 heteroatoms. The molecule has 0 aliphatic heterocycles. The number of esters is 1. The van der Waals surface area contributed by atoms with E-state index in [1.165, 1.54) is 24.3 Å². The minimum atomic E-state index is -3.81. The Labute approximate surface area is 104 Å². The molecule has 0 unspecified atom stereocenters. The highest BCUT2D eigenvalue weighted by Gasteiger charge is 2.23. The second kappa shape index (κ2) is 4.66. The minimum Gasteiger partial charge on any atom is -0.462 e. The quantitative estimate of drug-likeness (QED) is 0.624. The van der Waals surface area contributed by atoms with Gasteiger partial charge in [0.05, 0.1) is 17.1 Å². The Hall–Kier alpha value is -1.07. The van der Waals surface area contributed by atoms with Crippen molar-refractivity contribution in [1.29, 1.82) is 0 Å². The summed E-state index contributed by atoms with van der Waals surface area (Å²) in [6.45, 7) is 0.399. The molecule has 1 aliphatic carbocycles. The number of carbonyl (C=O) groups excluding carboxylic acids is 1. The van der Waals surface area contributed by atoms with Crippen molar-refractivity contribution in [2.75, 3.05) is 6.61 Å². The maximum Gasteiger partial charge on any atom is 0.338 e. The van der Waals surface area contributed by atoms with Gasteiger partial charge in [-0.25, -0.2) is 13.2 Å². The van der Waals surface area contributed by atoms with Gasteiger partial charge in [0.2, 0.25) is 0 Å². The van der Waals surface area contributed by atoms with Crippen LogP contribution < -0.4 is 0 Å². The number of halogens is 1. The van der Waals surface area contributed by atoms with Crippen molar-refractivity contribution in [3.63, 3.8) is 0 Å². The van der Waals surface area contributed by atoms with Crippen molar-refractivity contribution in [2.45, 2.75) is 17.7 Å². The van der Waals surface area contributed by atoms with Crippen LogP contribution in [0.1, 0.15) is 23.2 Å². The zero-order valence-electron chi connectivity index (χ0n) is 8.93. The Morgan fingerprint density at radius 3 is 2.71 bits per heavy atom. The lowest BCUT2D eigenvalue weighted by Gasteiger charge is -2.04. The molecular formula is C11H11ClO4S. The average Bonchev–Trinajstić information content (AvgIpc) is 3.09. The number of hydrogen-bond donors (Lipinski definition) is 0. The fourth-order valence-corrected chi connectivity index (χ4v) is 2.13. The largest absolute Gasteiger partial charge is 0.462 e. The van der Waals surface area contributed by atoms with Crippen LogP contribution >= 0.6 is 10.7 Å². The summed E-state index contributed by atoms with van der Waals surface area (Å²) in [5.41, 5.74) is 0.201. The molecule has 1 saturated carbocycles. The third-order valence-corrected chi connectivity index (χ3v) is 3.85. The van der Waals surface area contributed by atoms with E-state index in [9.17, 15) is 13.2 Å². The van der Waals surface area contributed by atoms with Crippen molar-refractivity contribution >= 4 is 25.7 Å². The van der Waals surface area contributed by atoms with Crippen LogP contribution in [-0.2, 0) is 13.8 Å². The molecule has 1 aromatic carbocycles. The third-order valence-electron chi connectivity index (χ3n) is 2.50. The Morgan fingerprint density at radius 1 is 1.41 bits per heavy atom. The highest BCUT2D eigenvalue weighted by molar-refractivity contribution is 8.13. The molecule has 0 radical (unpaired) electrons. The molecule has 0 atom stereocenters. The van der Waals surface area contributed by atoms with Crippen LogP contribution in [0.2, 0.25) is 0 Å². The molecule has 0 heterocycles. The van der Waals surface area contributed by atoms with E-state index in [-0.39, 0.29) is 10.5 Å². The van der Waals surface area contributed by atoms with Crippen molar-refractivity contribution in [1.82, 2.24) is 0 Å². The molecule has 0 bridgehead atoms. The van der Waals surface area contributed by atoms with Gasteiger partial charge >= 0.3 is 5.97 Å². The zero-order valence-corrected chi connectivity index (χ0v) is 10.5. The fourth-order valence-electron chi connectivity index (χ4n) is 1.34. The van der Waals surface area contributed by atoms with Crippen LogP contribution in [0.25, 0.3) is 0 Å². The summed E-state index contributed by atoms with van der Waals surface area (Å²) in [5.74, 6) is -0.0436. The second-order valence-electron chi connectivity index (χ2n) is 4.01. The standard InChI is InChI=1S/C11H11ClO4S/c12-17(14,15)10-3-1-2-9(6-10)11(13)16-7-8-4-5-8/h1-3,6,8H,4-5,7H2. The van der Waals surface area contributed by atoms with E-state index in [0.29, 0.717) is 12.5 Å². The van der Waals surface area contributed by atoms with Crippen molar-refractivity contribution in [3.05, 3.63) is 29.8 Å². The van der Waals surface area contributed by atoms with Gasteiger partial charge in [0.25, 0.3) is 9.05 Å². The Bertz CT molecular complexity index is 534. The summed E-state index contributed by atoms with van der Waals surface area (Å²) in [6, 6.07) is 5.52. The Kier molecular flexibility index (Phi) is 3.40. The van der Waals surface area contributed by atoms with E-state index in [0.717, 1.165) is 12.8 Å². The number of hydrogen-bond acceptors (Lipinski definition) is 4. The number of ether oxygens (including phenoxy) is 1. The molecule has 17 heavy (non-hydrogen) atoms. The molecule has 92 valence electrons. The van der Waals surface area contributed by atoms with Crippen LogP contribution in [0.15, 0.2) is 29.2 Å². The van der Waals surface area contributed by atoms with Gasteiger partial charge in [-0.05, 0) is 37.0 Å². The maximum atomic E-state index is 11.6. The SMILES string of the molecule is O=C(OCC1CC1)c1cccc(S(=O)(=O)Cl)c1. The van der Waals surface area contributed by atoms with Crippen LogP contribution in [0, 0.1) is 5.92 Å². The van der Waals surface area contributed by atoms with Crippen LogP contribution in [0.4, 0.5) is 0 Å². The molecule has 1 aromatic rings. The molecule has 0 spiro atoms. The first-order valence-electron chi connectivity index (χ1n) is 5.18. The van der Waals surface area contributed by atoms with E-state index in [1.807, 2.05) is 0 Å². The topological polar surface area (TPSA) is 60.4 Å².